The molecule has 1 saturated heterocycles. The summed E-state index contributed by atoms with van der Waals surface area (Å²) in [6.07, 6.45) is -2.80. The van der Waals surface area contributed by atoms with E-state index in [9.17, 15) is 15.0 Å². The maximum Gasteiger partial charge on any atom is 0.251 e. The molecular formula is C20H24N6O4. The third-order valence-corrected chi connectivity index (χ3v) is 5.10. The van der Waals surface area contributed by atoms with E-state index in [1.54, 1.807) is 0 Å². The Morgan fingerprint density at radius 1 is 1.20 bits per heavy atom. The number of anilines is 1. The van der Waals surface area contributed by atoms with Crippen molar-refractivity contribution in [2.45, 2.75) is 44.4 Å². The molecule has 4 atom stereocenters. The van der Waals surface area contributed by atoms with Crippen molar-refractivity contribution < 1.29 is 19.7 Å². The summed E-state index contributed by atoms with van der Waals surface area (Å²) in [5, 5.41) is 26.5. The van der Waals surface area contributed by atoms with Gasteiger partial charge >= 0.3 is 0 Å². The molecule has 1 amide bonds. The molecule has 1 aliphatic heterocycles. The smallest absolute Gasteiger partial charge is 0.251 e. The van der Waals surface area contributed by atoms with Crippen LogP contribution in [0.3, 0.4) is 0 Å². The largest absolute Gasteiger partial charge is 0.387 e. The molecule has 4 rings (SSSR count). The van der Waals surface area contributed by atoms with Crippen LogP contribution in [0.1, 0.15) is 24.5 Å². The predicted molar refractivity (Wildman–Crippen MR) is 108 cm³/mol. The Morgan fingerprint density at radius 2 is 1.97 bits per heavy atom. The highest BCUT2D eigenvalue weighted by molar-refractivity contribution is 5.83. The quantitative estimate of drug-likeness (QED) is 0.456. The topological polar surface area (TPSA) is 134 Å². The van der Waals surface area contributed by atoms with Gasteiger partial charge in [0, 0.05) is 20.0 Å². The lowest BCUT2D eigenvalue weighted by molar-refractivity contribution is -0.137. The minimum absolute atomic E-state index is 0.450. The van der Waals surface area contributed by atoms with E-state index in [-0.39, 0.29) is 0 Å². The van der Waals surface area contributed by atoms with Gasteiger partial charge < -0.3 is 25.6 Å². The Balaban J connectivity index is 1.68. The molecule has 1 fully saturated rings. The van der Waals surface area contributed by atoms with Crippen LogP contribution in [0, 0.1) is 0 Å². The normalized spacial score (nSPS) is 23.6. The van der Waals surface area contributed by atoms with Crippen molar-refractivity contribution in [3.8, 4) is 0 Å². The van der Waals surface area contributed by atoms with Crippen LogP contribution in [0.5, 0.6) is 0 Å². The summed E-state index contributed by atoms with van der Waals surface area (Å²) in [6, 6.07) is 9.90. The number of benzene rings is 1. The minimum Gasteiger partial charge on any atom is -0.387 e. The van der Waals surface area contributed by atoms with Crippen molar-refractivity contribution in [3.63, 3.8) is 0 Å². The molecule has 3 heterocycles. The number of amides is 1. The number of nitrogens with zero attached hydrogens (tertiary/aromatic N) is 4. The van der Waals surface area contributed by atoms with Gasteiger partial charge in [0.05, 0.1) is 6.33 Å². The summed E-state index contributed by atoms with van der Waals surface area (Å²) in [4.78, 5) is 25.4. The number of aromatic nitrogens is 4. The van der Waals surface area contributed by atoms with Crippen molar-refractivity contribution >= 4 is 22.9 Å². The van der Waals surface area contributed by atoms with Gasteiger partial charge in [0.25, 0.3) is 5.91 Å². The number of carbonyl (C=O) groups is 1. The van der Waals surface area contributed by atoms with Crippen molar-refractivity contribution in [3.05, 3.63) is 48.0 Å². The number of hydrogen-bond donors (Lipinski definition) is 4. The molecule has 0 aliphatic carbocycles. The number of carbonyl (C=O) groups excluding carboxylic acids is 1. The first kappa shape index (κ1) is 20.2. The highest BCUT2D eigenvalue weighted by Gasteiger charge is 2.47. The standard InChI is InChI=1S/C20H24N6O4/c1-3-12-24-17(22-9-11-7-5-4-6-8-11)13-18(25-12)26(10-23-13)20-15(28)14(27)16(30-20)19(29)21-2/h4-8,10,14-16,20,27-28H,3,9H2,1-2H3,(H,21,29)(H,22,24,25). The fraction of sp³-hybridized carbons (Fsp3) is 0.400. The number of hydrogen-bond acceptors (Lipinski definition) is 8. The third-order valence-electron chi connectivity index (χ3n) is 5.10. The number of nitrogens with one attached hydrogen (secondary N) is 2. The fourth-order valence-electron chi connectivity index (χ4n) is 3.46. The number of aliphatic hydroxyl groups is 2. The lowest BCUT2D eigenvalue weighted by Crippen LogP contribution is -2.41. The molecule has 0 bridgehead atoms. The molecule has 10 nitrogen and oxygen atoms in total. The number of ether oxygens (including phenoxy) is 1. The first-order valence-corrected chi connectivity index (χ1v) is 9.78. The average Bonchev–Trinajstić information content (AvgIpc) is 3.33. The maximum atomic E-state index is 12.0. The first-order valence-electron chi connectivity index (χ1n) is 9.78. The van der Waals surface area contributed by atoms with Gasteiger partial charge in [-0.25, -0.2) is 15.0 Å². The Labute approximate surface area is 172 Å². The van der Waals surface area contributed by atoms with E-state index in [1.165, 1.54) is 17.9 Å². The molecule has 3 aromatic rings. The van der Waals surface area contributed by atoms with Gasteiger partial charge in [-0.15, -0.1) is 0 Å². The number of aryl methyl sites for hydroxylation is 1. The van der Waals surface area contributed by atoms with Crippen molar-refractivity contribution in [2.75, 3.05) is 12.4 Å². The Kier molecular flexibility index (Phi) is 5.62. The van der Waals surface area contributed by atoms with E-state index in [0.29, 0.717) is 35.8 Å². The Morgan fingerprint density at radius 3 is 2.67 bits per heavy atom. The van der Waals surface area contributed by atoms with Crippen molar-refractivity contribution in [1.29, 1.82) is 0 Å². The summed E-state index contributed by atoms with van der Waals surface area (Å²) < 4.78 is 7.19. The van der Waals surface area contributed by atoms with Crippen LogP contribution in [0.15, 0.2) is 36.7 Å². The van der Waals surface area contributed by atoms with Gasteiger partial charge in [0.1, 0.15) is 18.0 Å². The van der Waals surface area contributed by atoms with Gasteiger partial charge in [-0.1, -0.05) is 37.3 Å². The van der Waals surface area contributed by atoms with Gasteiger partial charge in [-0.2, -0.15) is 0 Å². The van der Waals surface area contributed by atoms with E-state index >= 15 is 0 Å². The summed E-state index contributed by atoms with van der Waals surface area (Å²) in [7, 11) is 1.44. The molecule has 1 aromatic carbocycles. The molecule has 158 valence electrons. The average molecular weight is 412 g/mol. The van der Waals surface area contributed by atoms with Gasteiger partial charge in [0.15, 0.2) is 29.3 Å². The maximum absolute atomic E-state index is 12.0. The molecule has 4 unspecified atom stereocenters. The van der Waals surface area contributed by atoms with E-state index in [4.69, 9.17) is 4.74 Å². The summed E-state index contributed by atoms with van der Waals surface area (Å²) in [6.45, 7) is 2.50. The van der Waals surface area contributed by atoms with E-state index in [0.717, 1.165) is 5.56 Å². The summed E-state index contributed by atoms with van der Waals surface area (Å²) >= 11 is 0. The highest BCUT2D eigenvalue weighted by Crippen LogP contribution is 2.32. The van der Waals surface area contributed by atoms with Gasteiger partial charge in [-0.05, 0) is 5.56 Å². The van der Waals surface area contributed by atoms with Crippen LogP contribution in [0.2, 0.25) is 0 Å². The monoisotopic (exact) mass is 412 g/mol. The molecule has 4 N–H and O–H groups in total. The van der Waals surface area contributed by atoms with Crippen molar-refractivity contribution in [2.24, 2.45) is 0 Å². The van der Waals surface area contributed by atoms with Crippen LogP contribution in [0.25, 0.3) is 11.2 Å². The highest BCUT2D eigenvalue weighted by atomic mass is 16.6. The second kappa shape index (κ2) is 8.34. The third kappa shape index (κ3) is 3.60. The number of imidazole rings is 1. The fourth-order valence-corrected chi connectivity index (χ4v) is 3.46. The Hall–Kier alpha value is -3.08. The molecule has 10 heteroatoms. The molecule has 0 spiro atoms. The van der Waals surface area contributed by atoms with E-state index in [2.05, 4.69) is 25.6 Å². The zero-order valence-electron chi connectivity index (χ0n) is 16.7. The lowest BCUT2D eigenvalue weighted by Gasteiger charge is -2.17. The van der Waals surface area contributed by atoms with Crippen LogP contribution in [-0.4, -0.2) is 61.0 Å². The molecule has 1 aliphatic rings. The Bertz CT molecular complexity index is 1040. The van der Waals surface area contributed by atoms with Crippen LogP contribution in [-0.2, 0) is 22.5 Å². The second-order valence-electron chi connectivity index (χ2n) is 7.05. The lowest BCUT2D eigenvalue weighted by atomic mass is 10.1. The van der Waals surface area contributed by atoms with Crippen LogP contribution >= 0.6 is 0 Å². The molecule has 30 heavy (non-hydrogen) atoms. The zero-order chi connectivity index (χ0) is 21.3. The van der Waals surface area contributed by atoms with Crippen LogP contribution < -0.4 is 10.6 Å². The number of rotatable bonds is 6. The molecule has 0 radical (unpaired) electrons. The summed E-state index contributed by atoms with van der Waals surface area (Å²) in [5.41, 5.74) is 2.05. The van der Waals surface area contributed by atoms with Gasteiger partial charge in [0.2, 0.25) is 0 Å². The molecule has 2 aromatic heterocycles. The predicted octanol–water partition coefficient (Wildman–Crippen LogP) is 0.366. The molecular weight excluding hydrogens is 388 g/mol. The van der Waals surface area contributed by atoms with Crippen molar-refractivity contribution in [1.82, 2.24) is 24.8 Å². The first-order chi connectivity index (χ1) is 14.5. The minimum atomic E-state index is -1.37. The van der Waals surface area contributed by atoms with E-state index < -0.39 is 30.4 Å². The second-order valence-corrected chi connectivity index (χ2v) is 7.05. The number of fused-ring (bicyclic) bond motifs is 1. The SMILES string of the molecule is CCc1nc(NCc2ccccc2)c2ncn(C3OC(C(=O)NC)C(O)C3O)c2n1. The van der Waals surface area contributed by atoms with Gasteiger partial charge in [-0.3, -0.25) is 9.36 Å². The zero-order valence-corrected chi connectivity index (χ0v) is 16.7. The number of likely N-dealkylation sites (N-methyl/N-ethyl adjacent to an activating group) is 1. The summed E-state index contributed by atoms with van der Waals surface area (Å²) in [5.74, 6) is 0.647. The van der Waals surface area contributed by atoms with Crippen LogP contribution in [0.4, 0.5) is 5.82 Å². The number of aliphatic hydroxyl groups excluding tert-OH is 2. The molecule has 0 saturated carbocycles. The van der Waals surface area contributed by atoms with E-state index in [1.807, 2.05) is 37.3 Å².